The third kappa shape index (κ3) is 1.60. The number of imidazole rings is 1. The molecule has 3 rings (SSSR count). The van der Waals surface area contributed by atoms with E-state index in [0.717, 1.165) is 12.2 Å². The van der Waals surface area contributed by atoms with Gasteiger partial charge in [0, 0.05) is 31.5 Å². The number of nitrogens with two attached hydrogens (primary N) is 1. The standard InChI is InChI=1S/C13H18N4/c1-10-5-7-16(11(10)9-14)13-4-2-3-12-15-6-8-17(12)13/h2-4,6,8,10-11H,5,7,9,14H2,1H3. The fourth-order valence-corrected chi connectivity index (χ4v) is 2.82. The lowest BCUT2D eigenvalue weighted by molar-refractivity contribution is 0.517. The van der Waals surface area contributed by atoms with E-state index in [1.807, 2.05) is 18.5 Å². The summed E-state index contributed by atoms with van der Waals surface area (Å²) in [6.45, 7) is 4.08. The Kier molecular flexibility index (Phi) is 2.52. The highest BCUT2D eigenvalue weighted by Gasteiger charge is 2.31. The minimum Gasteiger partial charge on any atom is -0.353 e. The van der Waals surface area contributed by atoms with Crippen LogP contribution in [0.5, 0.6) is 0 Å². The Balaban J connectivity index is 2.06. The average Bonchev–Trinajstić information content (AvgIpc) is 2.94. The normalized spacial score (nSPS) is 24.7. The van der Waals surface area contributed by atoms with Crippen LogP contribution < -0.4 is 10.6 Å². The maximum absolute atomic E-state index is 5.90. The van der Waals surface area contributed by atoms with Crippen molar-refractivity contribution >= 4 is 11.5 Å². The number of rotatable bonds is 2. The number of hydrogen-bond acceptors (Lipinski definition) is 3. The predicted molar refractivity (Wildman–Crippen MR) is 69.2 cm³/mol. The molecule has 1 fully saturated rings. The van der Waals surface area contributed by atoms with E-state index in [4.69, 9.17) is 5.73 Å². The highest BCUT2D eigenvalue weighted by molar-refractivity contribution is 5.52. The van der Waals surface area contributed by atoms with Gasteiger partial charge in [-0.15, -0.1) is 0 Å². The third-order valence-corrected chi connectivity index (χ3v) is 3.83. The van der Waals surface area contributed by atoms with Crippen molar-refractivity contribution < 1.29 is 0 Å². The van der Waals surface area contributed by atoms with E-state index in [-0.39, 0.29) is 0 Å². The number of pyridine rings is 1. The van der Waals surface area contributed by atoms with Crippen molar-refractivity contribution in [1.29, 1.82) is 0 Å². The molecule has 0 amide bonds. The van der Waals surface area contributed by atoms with Gasteiger partial charge in [-0.1, -0.05) is 13.0 Å². The van der Waals surface area contributed by atoms with Gasteiger partial charge >= 0.3 is 0 Å². The topological polar surface area (TPSA) is 46.6 Å². The Hall–Kier alpha value is -1.55. The van der Waals surface area contributed by atoms with E-state index in [2.05, 4.69) is 33.3 Å². The van der Waals surface area contributed by atoms with Gasteiger partial charge in [-0.25, -0.2) is 4.98 Å². The van der Waals surface area contributed by atoms with Crippen molar-refractivity contribution in [2.45, 2.75) is 19.4 Å². The second-order valence-electron chi connectivity index (χ2n) is 4.80. The Labute approximate surface area is 101 Å². The predicted octanol–water partition coefficient (Wildman–Crippen LogP) is 1.51. The van der Waals surface area contributed by atoms with Crippen molar-refractivity contribution in [2.75, 3.05) is 18.0 Å². The zero-order valence-electron chi connectivity index (χ0n) is 10.1. The molecule has 0 saturated carbocycles. The summed E-state index contributed by atoms with van der Waals surface area (Å²) < 4.78 is 2.14. The summed E-state index contributed by atoms with van der Waals surface area (Å²) in [7, 11) is 0. The number of anilines is 1. The fourth-order valence-electron chi connectivity index (χ4n) is 2.82. The van der Waals surface area contributed by atoms with E-state index in [0.29, 0.717) is 18.5 Å². The molecule has 1 aliphatic rings. The zero-order valence-corrected chi connectivity index (χ0v) is 10.1. The van der Waals surface area contributed by atoms with Gasteiger partial charge in [-0.3, -0.25) is 4.40 Å². The van der Waals surface area contributed by atoms with E-state index >= 15 is 0 Å². The lowest BCUT2D eigenvalue weighted by Crippen LogP contribution is -2.39. The molecule has 1 saturated heterocycles. The van der Waals surface area contributed by atoms with Crippen molar-refractivity contribution in [3.8, 4) is 0 Å². The molecule has 0 radical (unpaired) electrons. The molecule has 2 unspecified atom stereocenters. The van der Waals surface area contributed by atoms with Gasteiger partial charge < -0.3 is 10.6 Å². The second kappa shape index (κ2) is 4.04. The van der Waals surface area contributed by atoms with Gasteiger partial charge in [-0.05, 0) is 24.5 Å². The Morgan fingerprint density at radius 2 is 2.35 bits per heavy atom. The first kappa shape index (κ1) is 10.6. The third-order valence-electron chi connectivity index (χ3n) is 3.83. The lowest BCUT2D eigenvalue weighted by atomic mass is 10.0. The van der Waals surface area contributed by atoms with Gasteiger partial charge in [0.25, 0.3) is 0 Å². The Morgan fingerprint density at radius 3 is 3.18 bits per heavy atom. The number of hydrogen-bond donors (Lipinski definition) is 1. The molecule has 0 aromatic carbocycles. The number of aromatic nitrogens is 2. The van der Waals surface area contributed by atoms with Crippen LogP contribution in [0.2, 0.25) is 0 Å². The van der Waals surface area contributed by atoms with Crippen molar-refractivity contribution in [1.82, 2.24) is 9.38 Å². The molecule has 90 valence electrons. The molecule has 2 atom stereocenters. The number of nitrogens with zero attached hydrogens (tertiary/aromatic N) is 3. The van der Waals surface area contributed by atoms with Crippen LogP contribution in [-0.2, 0) is 0 Å². The van der Waals surface area contributed by atoms with Crippen LogP contribution in [0.3, 0.4) is 0 Å². The largest absolute Gasteiger partial charge is 0.353 e. The van der Waals surface area contributed by atoms with E-state index in [9.17, 15) is 0 Å². The molecule has 17 heavy (non-hydrogen) atoms. The van der Waals surface area contributed by atoms with Crippen LogP contribution in [0.15, 0.2) is 30.6 Å². The molecule has 4 heteroatoms. The minimum atomic E-state index is 0.447. The molecular weight excluding hydrogens is 212 g/mol. The molecule has 0 spiro atoms. The van der Waals surface area contributed by atoms with E-state index in [1.54, 1.807) is 0 Å². The van der Waals surface area contributed by atoms with Gasteiger partial charge in [0.05, 0.1) is 0 Å². The average molecular weight is 230 g/mol. The summed E-state index contributed by atoms with van der Waals surface area (Å²) in [5.41, 5.74) is 6.90. The summed E-state index contributed by atoms with van der Waals surface area (Å²) >= 11 is 0. The summed E-state index contributed by atoms with van der Waals surface area (Å²) in [4.78, 5) is 6.74. The number of fused-ring (bicyclic) bond motifs is 1. The first-order valence-corrected chi connectivity index (χ1v) is 6.20. The molecule has 4 nitrogen and oxygen atoms in total. The first-order chi connectivity index (χ1) is 8.31. The van der Waals surface area contributed by atoms with Crippen LogP contribution in [0.1, 0.15) is 13.3 Å². The highest BCUT2D eigenvalue weighted by atomic mass is 15.3. The monoisotopic (exact) mass is 230 g/mol. The molecule has 3 heterocycles. The molecule has 2 aromatic heterocycles. The molecule has 2 aromatic rings. The lowest BCUT2D eigenvalue weighted by Gasteiger charge is -2.28. The highest BCUT2D eigenvalue weighted by Crippen LogP contribution is 2.29. The summed E-state index contributed by atoms with van der Waals surface area (Å²) in [5.74, 6) is 1.87. The fraction of sp³-hybridized carbons (Fsp3) is 0.462. The van der Waals surface area contributed by atoms with Gasteiger partial charge in [0.1, 0.15) is 11.5 Å². The van der Waals surface area contributed by atoms with Crippen LogP contribution in [0.25, 0.3) is 5.65 Å². The van der Waals surface area contributed by atoms with Gasteiger partial charge in [0.2, 0.25) is 0 Å². The molecular formula is C13H18N4. The van der Waals surface area contributed by atoms with Crippen LogP contribution >= 0.6 is 0 Å². The molecule has 0 aliphatic carbocycles. The van der Waals surface area contributed by atoms with Crippen molar-refractivity contribution in [2.24, 2.45) is 11.7 Å². The smallest absolute Gasteiger partial charge is 0.138 e. The van der Waals surface area contributed by atoms with Crippen LogP contribution in [0.4, 0.5) is 5.82 Å². The van der Waals surface area contributed by atoms with Gasteiger partial charge in [-0.2, -0.15) is 0 Å². The summed E-state index contributed by atoms with van der Waals surface area (Å²) in [6.07, 6.45) is 5.07. The molecule has 1 aliphatic heterocycles. The van der Waals surface area contributed by atoms with Crippen LogP contribution in [-0.4, -0.2) is 28.5 Å². The van der Waals surface area contributed by atoms with E-state index in [1.165, 1.54) is 12.2 Å². The SMILES string of the molecule is CC1CCN(c2cccc3nccn23)C1CN. The quantitative estimate of drug-likeness (QED) is 0.850. The minimum absolute atomic E-state index is 0.447. The maximum Gasteiger partial charge on any atom is 0.138 e. The maximum atomic E-state index is 5.90. The summed E-state index contributed by atoms with van der Waals surface area (Å²) in [5, 5.41) is 0. The zero-order chi connectivity index (χ0) is 11.8. The van der Waals surface area contributed by atoms with E-state index < -0.39 is 0 Å². The van der Waals surface area contributed by atoms with Gasteiger partial charge in [0.15, 0.2) is 0 Å². The second-order valence-corrected chi connectivity index (χ2v) is 4.80. The molecule has 0 bridgehead atoms. The van der Waals surface area contributed by atoms with Crippen molar-refractivity contribution in [3.05, 3.63) is 30.6 Å². The molecule has 2 N–H and O–H groups in total. The Bertz CT molecular complexity index is 519. The van der Waals surface area contributed by atoms with Crippen LogP contribution in [0, 0.1) is 5.92 Å². The Morgan fingerprint density at radius 1 is 1.47 bits per heavy atom. The van der Waals surface area contributed by atoms with Crippen molar-refractivity contribution in [3.63, 3.8) is 0 Å². The first-order valence-electron chi connectivity index (χ1n) is 6.20. The summed E-state index contributed by atoms with van der Waals surface area (Å²) in [6, 6.07) is 6.69.